The first-order valence-corrected chi connectivity index (χ1v) is 4.95. The number of hydrogen-bond acceptors (Lipinski definition) is 2. The van der Waals surface area contributed by atoms with Crippen LogP contribution in [0.15, 0.2) is 12.3 Å². The molecule has 0 saturated carbocycles. The molecule has 2 rings (SSSR count). The average molecular weight is 197 g/mol. The Morgan fingerprint density at radius 1 is 1.62 bits per heavy atom. The van der Waals surface area contributed by atoms with Gasteiger partial charge in [0.15, 0.2) is 0 Å². The summed E-state index contributed by atoms with van der Waals surface area (Å²) >= 11 is 6.00. The van der Waals surface area contributed by atoms with Crippen molar-refractivity contribution >= 4 is 11.6 Å². The van der Waals surface area contributed by atoms with Crippen molar-refractivity contribution in [3.8, 4) is 0 Å². The highest BCUT2D eigenvalue weighted by atomic mass is 35.5. The van der Waals surface area contributed by atoms with Crippen LogP contribution < -0.4 is 5.32 Å². The zero-order valence-electron chi connectivity index (χ0n) is 7.68. The van der Waals surface area contributed by atoms with Crippen LogP contribution in [0.25, 0.3) is 0 Å². The molecular formula is C10H13ClN2. The molecule has 2 nitrogen and oxygen atoms in total. The molecule has 0 spiro atoms. The topological polar surface area (TPSA) is 24.9 Å². The van der Waals surface area contributed by atoms with Gasteiger partial charge in [0.1, 0.15) is 0 Å². The molecule has 1 saturated heterocycles. The molecule has 0 radical (unpaired) electrons. The van der Waals surface area contributed by atoms with E-state index >= 15 is 0 Å². The highest BCUT2D eigenvalue weighted by Gasteiger charge is 2.17. The van der Waals surface area contributed by atoms with Gasteiger partial charge in [-0.3, -0.25) is 4.98 Å². The summed E-state index contributed by atoms with van der Waals surface area (Å²) in [7, 11) is 0. The number of nitrogens with one attached hydrogen (secondary N) is 1. The molecule has 1 aromatic rings. The Labute approximate surface area is 83.3 Å². The molecular weight excluding hydrogens is 184 g/mol. The van der Waals surface area contributed by atoms with Gasteiger partial charge in [-0.1, -0.05) is 11.6 Å². The molecule has 2 heterocycles. The van der Waals surface area contributed by atoms with E-state index in [4.69, 9.17) is 11.6 Å². The minimum Gasteiger partial charge on any atom is -0.316 e. The highest BCUT2D eigenvalue weighted by molar-refractivity contribution is 6.31. The molecule has 0 amide bonds. The van der Waals surface area contributed by atoms with Gasteiger partial charge in [-0.05, 0) is 44.0 Å². The zero-order valence-corrected chi connectivity index (χ0v) is 8.43. The first kappa shape index (κ1) is 8.97. The highest BCUT2D eigenvalue weighted by Crippen LogP contribution is 2.17. The van der Waals surface area contributed by atoms with Crippen LogP contribution in [0.2, 0.25) is 5.02 Å². The maximum atomic E-state index is 6.00. The van der Waals surface area contributed by atoms with Crippen molar-refractivity contribution in [2.24, 2.45) is 5.92 Å². The van der Waals surface area contributed by atoms with Crippen molar-refractivity contribution in [1.82, 2.24) is 10.3 Å². The van der Waals surface area contributed by atoms with Gasteiger partial charge >= 0.3 is 0 Å². The lowest BCUT2D eigenvalue weighted by Crippen LogP contribution is -2.43. The Morgan fingerprint density at radius 2 is 2.38 bits per heavy atom. The SMILES string of the molecule is Cc1cnc(CC2CNC2)cc1Cl. The number of pyridine rings is 1. The Kier molecular flexibility index (Phi) is 2.51. The number of nitrogens with zero attached hydrogens (tertiary/aromatic N) is 1. The van der Waals surface area contributed by atoms with Crippen LogP contribution in [0.3, 0.4) is 0 Å². The second-order valence-electron chi connectivity index (χ2n) is 3.65. The van der Waals surface area contributed by atoms with E-state index < -0.39 is 0 Å². The molecule has 0 unspecified atom stereocenters. The van der Waals surface area contributed by atoms with Gasteiger partial charge in [-0.15, -0.1) is 0 Å². The monoisotopic (exact) mass is 196 g/mol. The summed E-state index contributed by atoms with van der Waals surface area (Å²) in [5.41, 5.74) is 2.17. The normalized spacial score (nSPS) is 17.1. The molecule has 70 valence electrons. The van der Waals surface area contributed by atoms with Gasteiger partial charge in [-0.2, -0.15) is 0 Å². The van der Waals surface area contributed by atoms with E-state index in [0.717, 1.165) is 41.7 Å². The van der Waals surface area contributed by atoms with Crippen LogP contribution in [0.4, 0.5) is 0 Å². The quantitative estimate of drug-likeness (QED) is 0.781. The molecule has 3 heteroatoms. The summed E-state index contributed by atoms with van der Waals surface area (Å²) < 4.78 is 0. The Morgan fingerprint density at radius 3 is 2.92 bits per heavy atom. The minimum absolute atomic E-state index is 0.756. The molecule has 0 bridgehead atoms. The largest absolute Gasteiger partial charge is 0.316 e. The Hall–Kier alpha value is -0.600. The summed E-state index contributed by atoms with van der Waals surface area (Å²) in [6.07, 6.45) is 2.90. The minimum atomic E-state index is 0.756. The van der Waals surface area contributed by atoms with E-state index in [9.17, 15) is 0 Å². The van der Waals surface area contributed by atoms with Crippen LogP contribution in [-0.4, -0.2) is 18.1 Å². The summed E-state index contributed by atoms with van der Waals surface area (Å²) in [5, 5.41) is 4.08. The predicted molar refractivity (Wildman–Crippen MR) is 54.0 cm³/mol. The maximum Gasteiger partial charge on any atom is 0.0468 e. The lowest BCUT2D eigenvalue weighted by atomic mass is 9.97. The molecule has 1 aromatic heterocycles. The number of aryl methyl sites for hydroxylation is 1. The fraction of sp³-hybridized carbons (Fsp3) is 0.500. The van der Waals surface area contributed by atoms with Gasteiger partial charge in [0.2, 0.25) is 0 Å². The first-order chi connectivity index (χ1) is 6.25. The third kappa shape index (κ3) is 2.01. The molecule has 0 atom stereocenters. The van der Waals surface area contributed by atoms with Crippen molar-refractivity contribution in [2.75, 3.05) is 13.1 Å². The van der Waals surface area contributed by atoms with E-state index in [1.807, 2.05) is 19.2 Å². The van der Waals surface area contributed by atoms with Crippen LogP contribution in [0.1, 0.15) is 11.3 Å². The van der Waals surface area contributed by atoms with E-state index in [0.29, 0.717) is 0 Å². The van der Waals surface area contributed by atoms with Gasteiger partial charge in [-0.25, -0.2) is 0 Å². The molecule has 1 N–H and O–H groups in total. The summed E-state index contributed by atoms with van der Waals surface area (Å²) in [6.45, 7) is 4.21. The van der Waals surface area contributed by atoms with Crippen LogP contribution in [0, 0.1) is 12.8 Å². The molecule has 1 aliphatic heterocycles. The van der Waals surface area contributed by atoms with Gasteiger partial charge in [0.25, 0.3) is 0 Å². The van der Waals surface area contributed by atoms with Crippen molar-refractivity contribution in [3.05, 3.63) is 28.5 Å². The number of aromatic nitrogens is 1. The van der Waals surface area contributed by atoms with Crippen molar-refractivity contribution in [1.29, 1.82) is 0 Å². The second-order valence-corrected chi connectivity index (χ2v) is 4.06. The average Bonchev–Trinajstić information content (AvgIpc) is 2.04. The van der Waals surface area contributed by atoms with Gasteiger partial charge < -0.3 is 5.32 Å². The lowest BCUT2D eigenvalue weighted by molar-refractivity contribution is 0.344. The summed E-state index contributed by atoms with van der Waals surface area (Å²) in [4.78, 5) is 4.35. The Bertz CT molecular complexity index is 308. The molecule has 0 aromatic carbocycles. The first-order valence-electron chi connectivity index (χ1n) is 4.57. The van der Waals surface area contributed by atoms with E-state index in [1.54, 1.807) is 0 Å². The fourth-order valence-electron chi connectivity index (χ4n) is 1.44. The van der Waals surface area contributed by atoms with E-state index in [-0.39, 0.29) is 0 Å². The third-order valence-corrected chi connectivity index (χ3v) is 2.87. The van der Waals surface area contributed by atoms with Crippen molar-refractivity contribution in [2.45, 2.75) is 13.3 Å². The standard InChI is InChI=1S/C10H13ClN2/c1-7-4-13-9(3-10(7)11)2-8-5-12-6-8/h3-4,8,12H,2,5-6H2,1H3. The van der Waals surface area contributed by atoms with E-state index in [1.165, 1.54) is 0 Å². The maximum absolute atomic E-state index is 6.00. The summed E-state index contributed by atoms with van der Waals surface area (Å²) in [6, 6.07) is 1.98. The predicted octanol–water partition coefficient (Wildman–Crippen LogP) is 1.81. The lowest BCUT2D eigenvalue weighted by Gasteiger charge is -2.26. The van der Waals surface area contributed by atoms with Gasteiger partial charge in [0.05, 0.1) is 0 Å². The molecule has 1 aliphatic rings. The molecule has 0 aliphatic carbocycles. The second kappa shape index (κ2) is 3.64. The number of rotatable bonds is 2. The number of halogens is 1. The van der Waals surface area contributed by atoms with Crippen LogP contribution in [-0.2, 0) is 6.42 Å². The third-order valence-electron chi connectivity index (χ3n) is 2.46. The number of hydrogen-bond donors (Lipinski definition) is 1. The smallest absolute Gasteiger partial charge is 0.0468 e. The van der Waals surface area contributed by atoms with Gasteiger partial charge in [0, 0.05) is 16.9 Å². The fourth-order valence-corrected chi connectivity index (χ4v) is 1.61. The van der Waals surface area contributed by atoms with Crippen LogP contribution in [0.5, 0.6) is 0 Å². The molecule has 13 heavy (non-hydrogen) atoms. The Balaban J connectivity index is 2.07. The summed E-state index contributed by atoms with van der Waals surface area (Å²) in [5.74, 6) is 0.756. The molecule has 1 fully saturated rings. The van der Waals surface area contributed by atoms with Crippen LogP contribution >= 0.6 is 11.6 Å². The zero-order chi connectivity index (χ0) is 9.26. The van der Waals surface area contributed by atoms with E-state index in [2.05, 4.69) is 10.3 Å². The van der Waals surface area contributed by atoms with Crippen molar-refractivity contribution < 1.29 is 0 Å². The van der Waals surface area contributed by atoms with Crippen molar-refractivity contribution in [3.63, 3.8) is 0 Å².